The van der Waals surface area contributed by atoms with E-state index in [1.165, 1.54) is 0 Å². The SMILES string of the molecule is CCCc1cc(C(=O)NCC2CCCOC2)cc(N)n1. The summed E-state index contributed by atoms with van der Waals surface area (Å²) in [6.45, 7) is 4.31. The molecule has 1 unspecified atom stereocenters. The molecule has 1 aliphatic rings. The summed E-state index contributed by atoms with van der Waals surface area (Å²) >= 11 is 0. The number of aromatic nitrogens is 1. The van der Waals surface area contributed by atoms with Gasteiger partial charge in [-0.25, -0.2) is 4.98 Å². The van der Waals surface area contributed by atoms with Crippen LogP contribution in [-0.2, 0) is 11.2 Å². The summed E-state index contributed by atoms with van der Waals surface area (Å²) in [6.07, 6.45) is 4.00. The van der Waals surface area contributed by atoms with E-state index in [9.17, 15) is 4.79 Å². The first-order chi connectivity index (χ1) is 9.69. The van der Waals surface area contributed by atoms with Crippen molar-refractivity contribution >= 4 is 11.7 Å². The first-order valence-electron chi connectivity index (χ1n) is 7.31. The fraction of sp³-hybridized carbons (Fsp3) is 0.600. The first-order valence-corrected chi connectivity index (χ1v) is 7.31. The van der Waals surface area contributed by atoms with Crippen LogP contribution in [0.15, 0.2) is 12.1 Å². The average Bonchev–Trinajstić information content (AvgIpc) is 2.45. The minimum Gasteiger partial charge on any atom is -0.384 e. The maximum absolute atomic E-state index is 12.2. The number of nitrogens with one attached hydrogen (secondary N) is 1. The fourth-order valence-corrected chi connectivity index (χ4v) is 2.43. The van der Waals surface area contributed by atoms with Gasteiger partial charge in [0, 0.05) is 24.4 Å². The Morgan fingerprint density at radius 1 is 1.55 bits per heavy atom. The molecule has 2 heterocycles. The van der Waals surface area contributed by atoms with E-state index < -0.39 is 0 Å². The highest BCUT2D eigenvalue weighted by Gasteiger charge is 2.16. The van der Waals surface area contributed by atoms with Gasteiger partial charge in [-0.1, -0.05) is 13.3 Å². The normalized spacial score (nSPS) is 18.8. The van der Waals surface area contributed by atoms with Gasteiger partial charge >= 0.3 is 0 Å². The molecule has 5 heteroatoms. The molecule has 1 amide bonds. The number of nitrogen functional groups attached to an aromatic ring is 1. The number of aryl methyl sites for hydroxylation is 1. The van der Waals surface area contributed by atoms with Crippen molar-refractivity contribution in [1.29, 1.82) is 0 Å². The minimum absolute atomic E-state index is 0.0815. The highest BCUT2D eigenvalue weighted by molar-refractivity contribution is 5.94. The van der Waals surface area contributed by atoms with Crippen LogP contribution < -0.4 is 11.1 Å². The minimum atomic E-state index is -0.0815. The highest BCUT2D eigenvalue weighted by atomic mass is 16.5. The molecular weight excluding hydrogens is 254 g/mol. The van der Waals surface area contributed by atoms with E-state index in [-0.39, 0.29) is 5.91 Å². The van der Waals surface area contributed by atoms with Gasteiger partial charge in [0.25, 0.3) is 5.91 Å². The van der Waals surface area contributed by atoms with Gasteiger partial charge in [-0.3, -0.25) is 4.79 Å². The Balaban J connectivity index is 1.93. The maximum atomic E-state index is 12.2. The van der Waals surface area contributed by atoms with Crippen molar-refractivity contribution in [2.45, 2.75) is 32.6 Å². The average molecular weight is 277 g/mol. The Morgan fingerprint density at radius 2 is 2.40 bits per heavy atom. The van der Waals surface area contributed by atoms with E-state index >= 15 is 0 Å². The topological polar surface area (TPSA) is 77.2 Å². The fourth-order valence-electron chi connectivity index (χ4n) is 2.43. The molecule has 0 aromatic carbocycles. The number of nitrogens with zero attached hydrogens (tertiary/aromatic N) is 1. The van der Waals surface area contributed by atoms with Crippen molar-refractivity contribution in [3.05, 3.63) is 23.4 Å². The molecule has 3 N–H and O–H groups in total. The third-order valence-electron chi connectivity index (χ3n) is 3.47. The number of hydrogen-bond donors (Lipinski definition) is 2. The van der Waals surface area contributed by atoms with Gasteiger partial charge in [0.2, 0.25) is 0 Å². The largest absolute Gasteiger partial charge is 0.384 e. The van der Waals surface area contributed by atoms with Gasteiger partial charge < -0.3 is 15.8 Å². The third-order valence-corrected chi connectivity index (χ3v) is 3.47. The number of carbonyl (C=O) groups is 1. The van der Waals surface area contributed by atoms with Crippen LogP contribution in [0.3, 0.4) is 0 Å². The van der Waals surface area contributed by atoms with Crippen LogP contribution in [-0.4, -0.2) is 30.6 Å². The van der Waals surface area contributed by atoms with Crippen molar-refractivity contribution in [2.75, 3.05) is 25.5 Å². The van der Waals surface area contributed by atoms with Crippen molar-refractivity contribution in [1.82, 2.24) is 10.3 Å². The van der Waals surface area contributed by atoms with E-state index in [0.717, 1.165) is 44.6 Å². The van der Waals surface area contributed by atoms with E-state index in [0.29, 0.717) is 23.8 Å². The lowest BCUT2D eigenvalue weighted by Gasteiger charge is -2.22. The quantitative estimate of drug-likeness (QED) is 0.860. The van der Waals surface area contributed by atoms with Crippen molar-refractivity contribution in [3.8, 4) is 0 Å². The monoisotopic (exact) mass is 277 g/mol. The second kappa shape index (κ2) is 7.24. The van der Waals surface area contributed by atoms with Gasteiger partial charge in [-0.15, -0.1) is 0 Å². The molecule has 1 aromatic heterocycles. The first kappa shape index (κ1) is 14.8. The molecule has 1 fully saturated rings. The van der Waals surface area contributed by atoms with Crippen LogP contribution in [0.2, 0.25) is 0 Å². The Kier molecular flexibility index (Phi) is 5.35. The summed E-state index contributed by atoms with van der Waals surface area (Å²) in [5, 5.41) is 2.96. The summed E-state index contributed by atoms with van der Waals surface area (Å²) in [5.41, 5.74) is 7.22. The van der Waals surface area contributed by atoms with Gasteiger partial charge in [-0.05, 0) is 37.3 Å². The Hall–Kier alpha value is -1.62. The number of rotatable bonds is 5. The molecule has 110 valence electrons. The number of nitrogens with two attached hydrogens (primary N) is 1. The number of amides is 1. The second-order valence-electron chi connectivity index (χ2n) is 5.32. The van der Waals surface area contributed by atoms with Crippen molar-refractivity contribution < 1.29 is 9.53 Å². The van der Waals surface area contributed by atoms with Crippen molar-refractivity contribution in [2.24, 2.45) is 5.92 Å². The number of carbonyl (C=O) groups excluding carboxylic acids is 1. The number of anilines is 1. The van der Waals surface area contributed by atoms with Crippen LogP contribution in [0.25, 0.3) is 0 Å². The molecule has 0 radical (unpaired) electrons. The molecule has 1 saturated heterocycles. The molecule has 2 rings (SSSR count). The van der Waals surface area contributed by atoms with Gasteiger partial charge in [-0.2, -0.15) is 0 Å². The maximum Gasteiger partial charge on any atom is 0.251 e. The molecule has 1 aliphatic heterocycles. The second-order valence-corrected chi connectivity index (χ2v) is 5.32. The molecule has 1 atom stereocenters. The van der Waals surface area contributed by atoms with E-state index in [2.05, 4.69) is 17.2 Å². The van der Waals surface area contributed by atoms with Gasteiger partial charge in [0.15, 0.2) is 0 Å². The predicted octanol–water partition coefficient (Wildman–Crippen LogP) is 1.77. The zero-order valence-electron chi connectivity index (χ0n) is 12.0. The molecule has 20 heavy (non-hydrogen) atoms. The number of ether oxygens (including phenoxy) is 1. The molecular formula is C15H23N3O2. The summed E-state index contributed by atoms with van der Waals surface area (Å²) in [5.74, 6) is 0.742. The van der Waals surface area contributed by atoms with Crippen LogP contribution in [0.4, 0.5) is 5.82 Å². The lowest BCUT2D eigenvalue weighted by atomic mass is 10.0. The standard InChI is InChI=1S/C15H23N3O2/c1-2-4-13-7-12(8-14(16)18-13)15(19)17-9-11-5-3-6-20-10-11/h7-8,11H,2-6,9-10H2,1H3,(H2,16,18)(H,17,19). The zero-order valence-corrected chi connectivity index (χ0v) is 12.0. The molecule has 0 saturated carbocycles. The summed E-state index contributed by atoms with van der Waals surface area (Å²) in [7, 11) is 0. The third kappa shape index (κ3) is 4.20. The predicted molar refractivity (Wildman–Crippen MR) is 78.5 cm³/mol. The molecule has 1 aromatic rings. The zero-order chi connectivity index (χ0) is 14.4. The summed E-state index contributed by atoms with van der Waals surface area (Å²) in [6, 6.07) is 3.46. The molecule has 0 spiro atoms. The van der Waals surface area contributed by atoms with Crippen LogP contribution >= 0.6 is 0 Å². The summed E-state index contributed by atoms with van der Waals surface area (Å²) < 4.78 is 5.41. The number of hydrogen-bond acceptors (Lipinski definition) is 4. The van der Waals surface area contributed by atoms with E-state index in [1.54, 1.807) is 6.07 Å². The Labute approximate surface area is 119 Å². The Bertz CT molecular complexity index is 456. The van der Waals surface area contributed by atoms with Gasteiger partial charge in [0.05, 0.1) is 6.61 Å². The van der Waals surface area contributed by atoms with E-state index in [4.69, 9.17) is 10.5 Å². The molecule has 5 nitrogen and oxygen atoms in total. The molecule has 0 bridgehead atoms. The van der Waals surface area contributed by atoms with Crippen LogP contribution in [0.5, 0.6) is 0 Å². The van der Waals surface area contributed by atoms with Crippen LogP contribution in [0, 0.1) is 5.92 Å². The smallest absolute Gasteiger partial charge is 0.251 e. The number of pyridine rings is 1. The lowest BCUT2D eigenvalue weighted by Crippen LogP contribution is -2.33. The lowest BCUT2D eigenvalue weighted by molar-refractivity contribution is 0.0536. The highest BCUT2D eigenvalue weighted by Crippen LogP contribution is 2.13. The molecule has 0 aliphatic carbocycles. The Morgan fingerprint density at radius 3 is 3.10 bits per heavy atom. The van der Waals surface area contributed by atoms with Gasteiger partial charge in [0.1, 0.15) is 5.82 Å². The van der Waals surface area contributed by atoms with Crippen molar-refractivity contribution in [3.63, 3.8) is 0 Å². The summed E-state index contributed by atoms with van der Waals surface area (Å²) in [4.78, 5) is 16.4. The van der Waals surface area contributed by atoms with Crippen LogP contribution in [0.1, 0.15) is 42.2 Å². The van der Waals surface area contributed by atoms with E-state index in [1.807, 2.05) is 6.07 Å².